The number of ether oxygens (including phenoxy) is 1. The summed E-state index contributed by atoms with van der Waals surface area (Å²) in [6, 6.07) is 14.1. The molecule has 0 saturated carbocycles. The third kappa shape index (κ3) is 7.64. The van der Waals surface area contributed by atoms with Crippen LogP contribution in [-0.2, 0) is 17.8 Å². The van der Waals surface area contributed by atoms with Crippen molar-refractivity contribution in [2.24, 2.45) is 0 Å². The number of piperidine rings is 1. The number of hydrogen-bond acceptors (Lipinski definition) is 10. The van der Waals surface area contributed by atoms with Crippen LogP contribution in [0.3, 0.4) is 0 Å². The number of halogens is 1. The van der Waals surface area contributed by atoms with Gasteiger partial charge in [-0.15, -0.1) is 0 Å². The van der Waals surface area contributed by atoms with Crippen LogP contribution < -0.4 is 25.0 Å². The standard InChI is InChI=1S/C28H37ClN8O3S/c1-35-11-9-21(10-12-35)36-13-15-37(16-14-36)22-7-8-25(26(17-22)40-2)33-28-30-19-23(29)27(34-28)32-24-6-4-3-5-20(24)18-31-41(38)39/h3-8,17,19,21,31H,9-16,18H2,1-2H3,(H,38,39)(H2,30,32,33,34)/p-1. The molecule has 3 N–H and O–H groups in total. The largest absolute Gasteiger partial charge is 0.760 e. The molecule has 1 aromatic heterocycles. The lowest BCUT2D eigenvalue weighted by Gasteiger charge is -2.43. The second kappa shape index (κ2) is 13.8. The fourth-order valence-corrected chi connectivity index (χ4v) is 5.79. The number of hydrogen-bond donors (Lipinski definition) is 3. The maximum Gasteiger partial charge on any atom is 0.229 e. The van der Waals surface area contributed by atoms with Crippen molar-refractivity contribution in [1.82, 2.24) is 24.5 Å². The fourth-order valence-electron chi connectivity index (χ4n) is 5.38. The number of rotatable bonds is 10. The number of anilines is 5. The Hall–Kier alpha value is -3.00. The highest BCUT2D eigenvalue weighted by Crippen LogP contribution is 2.33. The number of nitrogens with one attached hydrogen (secondary N) is 3. The van der Waals surface area contributed by atoms with Gasteiger partial charge in [0.05, 0.1) is 19.0 Å². The number of nitrogens with zero attached hydrogens (tertiary/aromatic N) is 5. The zero-order chi connectivity index (χ0) is 28.8. The lowest BCUT2D eigenvalue weighted by Crippen LogP contribution is -2.53. The summed E-state index contributed by atoms with van der Waals surface area (Å²) >= 11 is 4.02. The van der Waals surface area contributed by atoms with Gasteiger partial charge in [0.25, 0.3) is 0 Å². The molecule has 11 nitrogen and oxygen atoms in total. The van der Waals surface area contributed by atoms with Crippen LogP contribution >= 0.6 is 11.6 Å². The van der Waals surface area contributed by atoms with E-state index in [0.29, 0.717) is 34.3 Å². The van der Waals surface area contributed by atoms with E-state index in [-0.39, 0.29) is 6.54 Å². The van der Waals surface area contributed by atoms with Gasteiger partial charge in [0.15, 0.2) is 5.82 Å². The molecule has 220 valence electrons. The van der Waals surface area contributed by atoms with Crippen LogP contribution in [0.1, 0.15) is 18.4 Å². The molecular weight excluding hydrogens is 564 g/mol. The van der Waals surface area contributed by atoms with Gasteiger partial charge >= 0.3 is 0 Å². The van der Waals surface area contributed by atoms with Crippen molar-refractivity contribution in [3.05, 3.63) is 59.2 Å². The van der Waals surface area contributed by atoms with E-state index in [1.54, 1.807) is 7.11 Å². The minimum atomic E-state index is -2.37. The van der Waals surface area contributed by atoms with E-state index in [1.165, 1.54) is 32.1 Å². The Balaban J connectivity index is 1.25. The number of methoxy groups -OCH3 is 1. The molecule has 2 aliphatic heterocycles. The van der Waals surface area contributed by atoms with Crippen LogP contribution in [-0.4, -0.2) is 88.0 Å². The molecule has 3 heterocycles. The van der Waals surface area contributed by atoms with Gasteiger partial charge in [-0.1, -0.05) is 29.8 Å². The van der Waals surface area contributed by atoms with Crippen molar-refractivity contribution in [2.45, 2.75) is 25.4 Å². The molecule has 13 heteroatoms. The molecule has 41 heavy (non-hydrogen) atoms. The molecule has 0 aliphatic carbocycles. The zero-order valence-electron chi connectivity index (χ0n) is 23.3. The Morgan fingerprint density at radius 1 is 1.05 bits per heavy atom. The smallest absolute Gasteiger partial charge is 0.229 e. The summed E-state index contributed by atoms with van der Waals surface area (Å²) < 4.78 is 30.0. The monoisotopic (exact) mass is 599 g/mol. The number of aromatic nitrogens is 2. The first-order valence-corrected chi connectivity index (χ1v) is 15.2. The summed E-state index contributed by atoms with van der Waals surface area (Å²) in [4.78, 5) is 16.4. The molecule has 2 aliphatic rings. The zero-order valence-corrected chi connectivity index (χ0v) is 24.9. The average Bonchev–Trinajstić information content (AvgIpc) is 2.99. The summed E-state index contributed by atoms with van der Waals surface area (Å²) in [5.74, 6) is 1.42. The lowest BCUT2D eigenvalue weighted by atomic mass is 10.0. The predicted octanol–water partition coefficient (Wildman–Crippen LogP) is 3.73. The number of likely N-dealkylation sites (tertiary alicyclic amines) is 1. The van der Waals surface area contributed by atoms with Crippen molar-refractivity contribution >= 4 is 51.7 Å². The summed E-state index contributed by atoms with van der Waals surface area (Å²) in [5, 5.41) is 6.76. The van der Waals surface area contributed by atoms with E-state index in [9.17, 15) is 8.76 Å². The van der Waals surface area contributed by atoms with Crippen molar-refractivity contribution < 1.29 is 13.5 Å². The quantitative estimate of drug-likeness (QED) is 0.297. The van der Waals surface area contributed by atoms with Gasteiger partial charge < -0.3 is 29.7 Å². The van der Waals surface area contributed by atoms with E-state index < -0.39 is 11.3 Å². The Morgan fingerprint density at radius 2 is 1.80 bits per heavy atom. The van der Waals surface area contributed by atoms with Crippen LogP contribution in [0.15, 0.2) is 48.7 Å². The van der Waals surface area contributed by atoms with E-state index >= 15 is 0 Å². The summed E-state index contributed by atoms with van der Waals surface area (Å²) in [6.07, 6.45) is 4.02. The normalized spacial score (nSPS) is 17.8. The molecule has 0 radical (unpaired) electrons. The highest BCUT2D eigenvalue weighted by molar-refractivity contribution is 7.77. The summed E-state index contributed by atoms with van der Waals surface area (Å²) in [5.41, 5.74) is 3.27. The molecule has 1 atom stereocenters. The van der Waals surface area contributed by atoms with Crippen LogP contribution in [0.25, 0.3) is 0 Å². The summed E-state index contributed by atoms with van der Waals surface area (Å²) in [6.45, 7) is 6.60. The van der Waals surface area contributed by atoms with Crippen LogP contribution in [0, 0.1) is 0 Å². The first-order valence-electron chi connectivity index (χ1n) is 13.7. The Labute approximate surface area is 248 Å². The topological polar surface area (TPSA) is 121 Å². The third-order valence-electron chi connectivity index (χ3n) is 7.71. The Bertz CT molecular complexity index is 1350. The van der Waals surface area contributed by atoms with Gasteiger partial charge in [0.2, 0.25) is 5.95 Å². The number of benzene rings is 2. The fraction of sp³-hybridized carbons (Fsp3) is 0.429. The van der Waals surface area contributed by atoms with Crippen molar-refractivity contribution in [3.63, 3.8) is 0 Å². The van der Waals surface area contributed by atoms with E-state index in [1.807, 2.05) is 36.4 Å². The highest BCUT2D eigenvalue weighted by Gasteiger charge is 2.27. The van der Waals surface area contributed by atoms with Gasteiger partial charge in [0, 0.05) is 67.5 Å². The van der Waals surface area contributed by atoms with Gasteiger partial charge in [-0.05, 0) is 56.7 Å². The van der Waals surface area contributed by atoms with Gasteiger partial charge in [0.1, 0.15) is 10.8 Å². The second-order valence-electron chi connectivity index (χ2n) is 10.3. The van der Waals surface area contributed by atoms with Crippen molar-refractivity contribution in [2.75, 3.05) is 69.0 Å². The molecule has 2 fully saturated rings. The van der Waals surface area contributed by atoms with E-state index in [4.69, 9.17) is 16.3 Å². The second-order valence-corrected chi connectivity index (χ2v) is 11.5. The molecule has 2 aromatic carbocycles. The third-order valence-corrected chi connectivity index (χ3v) is 8.37. The molecular formula is C28H36ClN8O3S-. The van der Waals surface area contributed by atoms with Crippen LogP contribution in [0.2, 0.25) is 5.02 Å². The lowest BCUT2D eigenvalue weighted by molar-refractivity contribution is 0.115. The van der Waals surface area contributed by atoms with Gasteiger partial charge in [-0.25, -0.2) is 9.71 Å². The highest BCUT2D eigenvalue weighted by atomic mass is 35.5. The van der Waals surface area contributed by atoms with Gasteiger partial charge in [-0.3, -0.25) is 9.11 Å². The van der Waals surface area contributed by atoms with E-state index in [2.05, 4.69) is 53.1 Å². The average molecular weight is 600 g/mol. The molecule has 0 spiro atoms. The predicted molar refractivity (Wildman–Crippen MR) is 163 cm³/mol. The molecule has 0 amide bonds. The Kier molecular flexibility index (Phi) is 9.91. The van der Waals surface area contributed by atoms with Crippen molar-refractivity contribution in [1.29, 1.82) is 0 Å². The minimum absolute atomic E-state index is 0.129. The summed E-state index contributed by atoms with van der Waals surface area (Å²) in [7, 11) is 3.86. The Morgan fingerprint density at radius 3 is 2.54 bits per heavy atom. The van der Waals surface area contributed by atoms with Crippen LogP contribution in [0.4, 0.5) is 28.8 Å². The van der Waals surface area contributed by atoms with Crippen LogP contribution in [0.5, 0.6) is 5.75 Å². The maximum atomic E-state index is 11.0. The van der Waals surface area contributed by atoms with E-state index in [0.717, 1.165) is 43.1 Å². The van der Waals surface area contributed by atoms with Crippen molar-refractivity contribution in [3.8, 4) is 5.75 Å². The number of piperazine rings is 1. The maximum absolute atomic E-state index is 11.0. The first-order chi connectivity index (χ1) is 19.9. The molecule has 2 saturated heterocycles. The molecule has 0 bridgehead atoms. The van der Waals surface area contributed by atoms with Gasteiger partial charge in [-0.2, -0.15) is 4.98 Å². The molecule has 5 rings (SSSR count). The minimum Gasteiger partial charge on any atom is -0.760 e. The molecule has 1 unspecified atom stereocenters. The molecule has 3 aromatic rings. The SMILES string of the molecule is COc1cc(N2CCN(C3CCN(C)CC3)CC2)ccc1Nc1ncc(Cl)c(Nc2ccccc2CNS(=O)[O-])n1. The number of para-hydroxylation sites is 1. The first kappa shape index (κ1) is 29.5.